The molecule has 1 N–H and O–H groups in total. The van der Waals surface area contributed by atoms with Crippen LogP contribution in [0, 0.1) is 12.3 Å². The molecule has 1 aromatic carbocycles. The number of amides is 1. The predicted octanol–water partition coefficient (Wildman–Crippen LogP) is 3.26. The van der Waals surface area contributed by atoms with Crippen molar-refractivity contribution in [2.75, 3.05) is 26.2 Å². The van der Waals surface area contributed by atoms with E-state index >= 15 is 0 Å². The lowest BCUT2D eigenvalue weighted by Crippen LogP contribution is -2.44. The van der Waals surface area contributed by atoms with Gasteiger partial charge in [0.25, 0.3) is 5.91 Å². The summed E-state index contributed by atoms with van der Waals surface area (Å²) in [5, 5.41) is 4.51. The highest BCUT2D eigenvalue weighted by Gasteiger charge is 2.38. The summed E-state index contributed by atoms with van der Waals surface area (Å²) in [4.78, 5) is 20.5. The monoisotopic (exact) mass is 355 g/mol. The number of likely N-dealkylation sites (tertiary alicyclic amines) is 1. The van der Waals surface area contributed by atoms with Gasteiger partial charge in [-0.05, 0) is 43.7 Å². The molecule has 0 radical (unpaired) electrons. The molecule has 3 heterocycles. The Bertz CT molecular complexity index is 740. The van der Waals surface area contributed by atoms with E-state index in [1.807, 2.05) is 30.0 Å². The maximum Gasteiger partial charge on any atom is 0.265 e. The molecule has 1 spiro atoms. The van der Waals surface area contributed by atoms with Crippen LogP contribution in [0.15, 0.2) is 30.3 Å². The molecule has 5 heteroatoms. The van der Waals surface area contributed by atoms with Crippen LogP contribution in [0.5, 0.6) is 0 Å². The van der Waals surface area contributed by atoms with E-state index in [9.17, 15) is 4.79 Å². The second-order valence-electron chi connectivity index (χ2n) is 7.40. The van der Waals surface area contributed by atoms with Crippen molar-refractivity contribution in [3.63, 3.8) is 0 Å². The normalized spacial score (nSPS) is 19.5. The third kappa shape index (κ3) is 3.48. The molecule has 0 saturated carbocycles. The van der Waals surface area contributed by atoms with Crippen LogP contribution in [0.2, 0.25) is 0 Å². The molecule has 0 aliphatic carbocycles. The van der Waals surface area contributed by atoms with Gasteiger partial charge in [0, 0.05) is 26.1 Å². The molecule has 0 unspecified atom stereocenters. The first-order chi connectivity index (χ1) is 12.2. The summed E-state index contributed by atoms with van der Waals surface area (Å²) >= 11 is 1.57. The number of hydrogen-bond donors (Lipinski definition) is 1. The highest BCUT2D eigenvalue weighted by Crippen LogP contribution is 2.37. The number of aryl methyl sites for hydroxylation is 1. The molecule has 2 fully saturated rings. The molecule has 0 bridgehead atoms. The lowest BCUT2D eigenvalue weighted by molar-refractivity contribution is 0.0611. The van der Waals surface area contributed by atoms with Crippen molar-refractivity contribution < 1.29 is 4.79 Å². The number of nitrogens with zero attached hydrogens (tertiary/aromatic N) is 2. The number of carbonyl (C=O) groups is 1. The summed E-state index contributed by atoms with van der Waals surface area (Å²) in [5.74, 6) is 0.176. The molecule has 2 aromatic rings. The Morgan fingerprint density at radius 3 is 2.68 bits per heavy atom. The fraction of sp³-hybridized carbons (Fsp3) is 0.500. The summed E-state index contributed by atoms with van der Waals surface area (Å²) in [5.41, 5.74) is 2.56. The minimum Gasteiger partial charge on any atom is -0.338 e. The number of carbonyl (C=O) groups excluding carboxylic acids is 1. The Morgan fingerprint density at radius 1 is 1.24 bits per heavy atom. The van der Waals surface area contributed by atoms with Crippen LogP contribution in [-0.4, -0.2) is 42.0 Å². The van der Waals surface area contributed by atoms with Crippen LogP contribution in [0.25, 0.3) is 0 Å². The molecular formula is C20H25N3OS. The summed E-state index contributed by atoms with van der Waals surface area (Å²) in [6.45, 7) is 5.98. The molecule has 2 aliphatic heterocycles. The summed E-state index contributed by atoms with van der Waals surface area (Å²) in [7, 11) is 0. The summed E-state index contributed by atoms with van der Waals surface area (Å²) in [6, 6.07) is 10.3. The predicted molar refractivity (Wildman–Crippen MR) is 101 cm³/mol. The zero-order valence-corrected chi connectivity index (χ0v) is 15.6. The van der Waals surface area contributed by atoms with E-state index in [2.05, 4.69) is 22.4 Å². The van der Waals surface area contributed by atoms with Gasteiger partial charge >= 0.3 is 0 Å². The molecule has 4 nitrogen and oxygen atoms in total. The Kier molecular flexibility index (Phi) is 4.61. The lowest BCUT2D eigenvalue weighted by atomic mass is 9.78. The van der Waals surface area contributed by atoms with Gasteiger partial charge in [-0.3, -0.25) is 4.79 Å². The SMILES string of the molecule is Cc1nc(Cc2ccccc2)sc1C(=O)N1CCC2(CCNC2)CC1. The second-order valence-corrected chi connectivity index (χ2v) is 8.49. The van der Waals surface area contributed by atoms with E-state index in [0.29, 0.717) is 5.41 Å². The second kappa shape index (κ2) is 6.89. The highest BCUT2D eigenvalue weighted by molar-refractivity contribution is 7.13. The van der Waals surface area contributed by atoms with E-state index in [1.54, 1.807) is 11.3 Å². The smallest absolute Gasteiger partial charge is 0.265 e. The molecule has 0 atom stereocenters. The molecule has 132 valence electrons. The largest absolute Gasteiger partial charge is 0.338 e. The number of hydrogen-bond acceptors (Lipinski definition) is 4. The number of rotatable bonds is 3. The summed E-state index contributed by atoms with van der Waals surface area (Å²) < 4.78 is 0. The van der Waals surface area contributed by atoms with E-state index in [1.165, 1.54) is 12.0 Å². The Hall–Kier alpha value is -1.72. The first-order valence-electron chi connectivity index (χ1n) is 9.15. The van der Waals surface area contributed by atoms with E-state index in [-0.39, 0.29) is 5.91 Å². The van der Waals surface area contributed by atoms with Crippen molar-refractivity contribution in [2.45, 2.75) is 32.6 Å². The van der Waals surface area contributed by atoms with Gasteiger partial charge in [-0.1, -0.05) is 30.3 Å². The van der Waals surface area contributed by atoms with E-state index in [4.69, 9.17) is 0 Å². The van der Waals surface area contributed by atoms with Crippen molar-refractivity contribution in [3.8, 4) is 0 Å². The van der Waals surface area contributed by atoms with Crippen molar-refractivity contribution in [2.24, 2.45) is 5.41 Å². The van der Waals surface area contributed by atoms with Gasteiger partial charge in [0.2, 0.25) is 0 Å². The van der Waals surface area contributed by atoms with Gasteiger partial charge in [-0.15, -0.1) is 11.3 Å². The molecule has 2 saturated heterocycles. The van der Waals surface area contributed by atoms with Crippen LogP contribution in [-0.2, 0) is 6.42 Å². The first kappa shape index (κ1) is 16.7. The van der Waals surface area contributed by atoms with Crippen LogP contribution >= 0.6 is 11.3 Å². The van der Waals surface area contributed by atoms with Gasteiger partial charge in [0.1, 0.15) is 4.88 Å². The molecule has 4 rings (SSSR count). The number of aromatic nitrogens is 1. The maximum atomic E-state index is 13.0. The van der Waals surface area contributed by atoms with Crippen molar-refractivity contribution in [1.29, 1.82) is 0 Å². The van der Waals surface area contributed by atoms with Crippen molar-refractivity contribution in [1.82, 2.24) is 15.2 Å². The van der Waals surface area contributed by atoms with Gasteiger partial charge in [0.15, 0.2) is 0 Å². The molecule has 1 amide bonds. The zero-order chi connectivity index (χ0) is 17.3. The highest BCUT2D eigenvalue weighted by atomic mass is 32.1. The van der Waals surface area contributed by atoms with E-state index in [0.717, 1.165) is 61.0 Å². The summed E-state index contributed by atoms with van der Waals surface area (Å²) in [6.07, 6.45) is 4.31. The topological polar surface area (TPSA) is 45.2 Å². The van der Waals surface area contributed by atoms with Gasteiger partial charge in [-0.2, -0.15) is 0 Å². The Balaban J connectivity index is 1.44. The number of piperidine rings is 1. The molecular weight excluding hydrogens is 330 g/mol. The minimum absolute atomic E-state index is 0.176. The quantitative estimate of drug-likeness (QED) is 0.919. The maximum absolute atomic E-state index is 13.0. The standard InChI is InChI=1S/C20H25N3OS/c1-15-18(25-17(22-15)13-16-5-3-2-4-6-16)19(24)23-11-8-20(9-12-23)7-10-21-14-20/h2-6,21H,7-14H2,1H3. The fourth-order valence-electron chi connectivity index (χ4n) is 4.05. The first-order valence-corrected chi connectivity index (χ1v) is 9.97. The lowest BCUT2D eigenvalue weighted by Gasteiger charge is -2.38. The van der Waals surface area contributed by atoms with Crippen molar-refractivity contribution >= 4 is 17.2 Å². The third-order valence-electron chi connectivity index (χ3n) is 5.68. The molecule has 2 aliphatic rings. The third-order valence-corrected chi connectivity index (χ3v) is 6.82. The van der Waals surface area contributed by atoms with Crippen molar-refractivity contribution in [3.05, 3.63) is 51.5 Å². The number of nitrogens with one attached hydrogen (secondary N) is 1. The van der Waals surface area contributed by atoms with Gasteiger partial charge in [-0.25, -0.2) is 4.98 Å². The van der Waals surface area contributed by atoms with Gasteiger partial charge < -0.3 is 10.2 Å². The Morgan fingerprint density at radius 2 is 2.00 bits per heavy atom. The zero-order valence-electron chi connectivity index (χ0n) is 14.8. The number of thiazole rings is 1. The van der Waals surface area contributed by atoms with Crippen LogP contribution in [0.1, 0.15) is 45.2 Å². The number of benzene rings is 1. The van der Waals surface area contributed by atoms with Crippen LogP contribution in [0.4, 0.5) is 0 Å². The van der Waals surface area contributed by atoms with Crippen LogP contribution < -0.4 is 5.32 Å². The van der Waals surface area contributed by atoms with Crippen LogP contribution in [0.3, 0.4) is 0 Å². The van der Waals surface area contributed by atoms with E-state index < -0.39 is 0 Å². The minimum atomic E-state index is 0.176. The average molecular weight is 356 g/mol. The fourth-order valence-corrected chi connectivity index (χ4v) is 5.11. The Labute approximate surface area is 153 Å². The van der Waals surface area contributed by atoms with Gasteiger partial charge in [0.05, 0.1) is 10.7 Å². The molecule has 1 aromatic heterocycles. The molecule has 25 heavy (non-hydrogen) atoms. The average Bonchev–Trinajstić information content (AvgIpc) is 3.23.